The summed E-state index contributed by atoms with van der Waals surface area (Å²) >= 11 is 0. The lowest BCUT2D eigenvalue weighted by molar-refractivity contribution is -0.140. The molecule has 0 radical (unpaired) electrons. The Labute approximate surface area is 136 Å². The van der Waals surface area contributed by atoms with E-state index in [1.807, 2.05) is 37.3 Å². The third-order valence-electron chi connectivity index (χ3n) is 3.25. The van der Waals surface area contributed by atoms with E-state index >= 15 is 0 Å². The van der Waals surface area contributed by atoms with Crippen LogP contribution >= 0.6 is 0 Å². The van der Waals surface area contributed by atoms with Crippen LogP contribution in [0.1, 0.15) is 11.1 Å². The smallest absolute Gasteiger partial charge is 0.334 e. The van der Waals surface area contributed by atoms with Gasteiger partial charge in [0.15, 0.2) is 9.84 Å². The quantitative estimate of drug-likeness (QED) is 0.603. The van der Waals surface area contributed by atoms with Crippen LogP contribution in [0, 0.1) is 6.92 Å². The van der Waals surface area contributed by atoms with Crippen LogP contribution in [0.25, 0.3) is 0 Å². The van der Waals surface area contributed by atoms with E-state index < -0.39 is 21.6 Å². The molecule has 0 unspecified atom stereocenters. The molecule has 120 valence electrons. The molecule has 0 saturated carbocycles. The minimum atomic E-state index is -3.60. The maximum Gasteiger partial charge on any atom is 0.334 e. The second-order valence-corrected chi connectivity index (χ2v) is 7.23. The van der Waals surface area contributed by atoms with Crippen molar-refractivity contribution in [3.05, 3.63) is 77.9 Å². The molecule has 0 fully saturated rings. The molecule has 0 saturated heterocycles. The Kier molecular flexibility index (Phi) is 5.34. The van der Waals surface area contributed by atoms with E-state index in [9.17, 15) is 13.2 Å². The SMILES string of the molecule is C=C(CS(=O)(=O)c1ccc(C)cc1)C(=O)OCc1ccccc1. The third kappa shape index (κ3) is 4.79. The van der Waals surface area contributed by atoms with Gasteiger partial charge < -0.3 is 4.74 Å². The highest BCUT2D eigenvalue weighted by Crippen LogP contribution is 2.15. The molecule has 0 aromatic heterocycles. The van der Waals surface area contributed by atoms with Gasteiger partial charge in [0, 0.05) is 5.57 Å². The Hall–Kier alpha value is -2.40. The highest BCUT2D eigenvalue weighted by molar-refractivity contribution is 7.91. The number of hydrogen-bond donors (Lipinski definition) is 0. The molecule has 0 aliphatic rings. The normalized spacial score (nSPS) is 11.0. The Morgan fingerprint density at radius 3 is 2.26 bits per heavy atom. The number of carbonyl (C=O) groups excluding carboxylic acids is 1. The van der Waals surface area contributed by atoms with Crippen molar-refractivity contribution in [2.75, 3.05) is 5.75 Å². The summed E-state index contributed by atoms with van der Waals surface area (Å²) in [4.78, 5) is 12.1. The van der Waals surface area contributed by atoms with E-state index in [4.69, 9.17) is 4.74 Å². The molecule has 0 bridgehead atoms. The molecule has 4 nitrogen and oxygen atoms in total. The van der Waals surface area contributed by atoms with Crippen LogP contribution in [0.15, 0.2) is 71.6 Å². The number of ether oxygens (including phenoxy) is 1. The van der Waals surface area contributed by atoms with Crippen LogP contribution in [0.5, 0.6) is 0 Å². The molecule has 0 N–H and O–H groups in total. The topological polar surface area (TPSA) is 60.4 Å². The average molecular weight is 330 g/mol. The number of sulfone groups is 1. The summed E-state index contributed by atoms with van der Waals surface area (Å²) in [6, 6.07) is 15.6. The lowest BCUT2D eigenvalue weighted by atomic mass is 10.2. The van der Waals surface area contributed by atoms with Crippen LogP contribution in [0.3, 0.4) is 0 Å². The maximum absolute atomic E-state index is 12.3. The third-order valence-corrected chi connectivity index (χ3v) is 4.96. The second kappa shape index (κ2) is 7.24. The van der Waals surface area contributed by atoms with Gasteiger partial charge in [-0.05, 0) is 24.6 Å². The van der Waals surface area contributed by atoms with Crippen LogP contribution < -0.4 is 0 Å². The van der Waals surface area contributed by atoms with E-state index in [0.717, 1.165) is 11.1 Å². The van der Waals surface area contributed by atoms with Crippen LogP contribution in [0.4, 0.5) is 0 Å². The summed E-state index contributed by atoms with van der Waals surface area (Å²) < 4.78 is 29.6. The summed E-state index contributed by atoms with van der Waals surface area (Å²) in [7, 11) is -3.60. The molecule has 23 heavy (non-hydrogen) atoms. The minimum absolute atomic E-state index is 0.0819. The van der Waals surface area contributed by atoms with Gasteiger partial charge in [0.25, 0.3) is 0 Å². The first-order valence-corrected chi connectivity index (χ1v) is 8.72. The predicted octanol–water partition coefficient (Wildman–Crippen LogP) is 3.07. The van der Waals surface area contributed by atoms with Crippen molar-refractivity contribution in [3.8, 4) is 0 Å². The summed E-state index contributed by atoms with van der Waals surface area (Å²) in [6.07, 6.45) is 0. The molecule has 2 rings (SSSR count). The van der Waals surface area contributed by atoms with Gasteiger partial charge in [0.1, 0.15) is 6.61 Å². The van der Waals surface area contributed by atoms with Crippen molar-refractivity contribution in [3.63, 3.8) is 0 Å². The lowest BCUT2D eigenvalue weighted by Gasteiger charge is -2.08. The Bertz CT molecular complexity index is 791. The maximum atomic E-state index is 12.3. The second-order valence-electron chi connectivity index (χ2n) is 5.24. The first-order valence-electron chi connectivity index (χ1n) is 7.07. The highest BCUT2D eigenvalue weighted by Gasteiger charge is 2.20. The van der Waals surface area contributed by atoms with E-state index in [2.05, 4.69) is 6.58 Å². The van der Waals surface area contributed by atoms with Gasteiger partial charge in [0.2, 0.25) is 0 Å². The number of rotatable bonds is 6. The van der Waals surface area contributed by atoms with E-state index in [1.54, 1.807) is 12.1 Å². The molecule has 2 aromatic carbocycles. The minimum Gasteiger partial charge on any atom is -0.457 e. The van der Waals surface area contributed by atoms with Crippen molar-refractivity contribution in [1.29, 1.82) is 0 Å². The molecular formula is C18H18O4S. The monoisotopic (exact) mass is 330 g/mol. The predicted molar refractivity (Wildman–Crippen MR) is 88.6 cm³/mol. The van der Waals surface area contributed by atoms with Gasteiger partial charge in [-0.2, -0.15) is 0 Å². The lowest BCUT2D eigenvalue weighted by Crippen LogP contribution is -2.16. The van der Waals surface area contributed by atoms with E-state index in [-0.39, 0.29) is 17.1 Å². The molecule has 0 heterocycles. The van der Waals surface area contributed by atoms with Gasteiger partial charge in [-0.3, -0.25) is 0 Å². The highest BCUT2D eigenvalue weighted by atomic mass is 32.2. The number of hydrogen-bond acceptors (Lipinski definition) is 4. The fraction of sp³-hybridized carbons (Fsp3) is 0.167. The molecule has 2 aromatic rings. The van der Waals surface area contributed by atoms with Crippen LogP contribution in [-0.4, -0.2) is 20.1 Å². The van der Waals surface area contributed by atoms with E-state index in [0.29, 0.717) is 0 Å². The number of carbonyl (C=O) groups is 1. The van der Waals surface area contributed by atoms with Crippen molar-refractivity contribution in [2.24, 2.45) is 0 Å². The molecule has 0 atom stereocenters. The molecule has 0 aliphatic heterocycles. The molecule has 0 spiro atoms. The summed E-state index contributed by atoms with van der Waals surface area (Å²) in [5.74, 6) is -1.16. The number of benzene rings is 2. The first kappa shape index (κ1) is 17.0. The summed E-state index contributed by atoms with van der Waals surface area (Å²) in [6.45, 7) is 5.50. The standard InChI is InChI=1S/C18H18O4S/c1-14-8-10-17(11-9-14)23(20,21)13-15(2)18(19)22-12-16-6-4-3-5-7-16/h3-11H,2,12-13H2,1H3. The molecule has 5 heteroatoms. The average Bonchev–Trinajstić information content (AvgIpc) is 2.53. The Morgan fingerprint density at radius 2 is 1.65 bits per heavy atom. The molecular weight excluding hydrogens is 312 g/mol. The first-order chi connectivity index (χ1) is 10.9. The summed E-state index contributed by atoms with van der Waals surface area (Å²) in [5.41, 5.74) is 1.71. The zero-order chi connectivity index (χ0) is 16.9. The fourth-order valence-electron chi connectivity index (χ4n) is 1.94. The summed E-state index contributed by atoms with van der Waals surface area (Å²) in [5, 5.41) is 0. The van der Waals surface area contributed by atoms with Gasteiger partial charge in [0.05, 0.1) is 10.6 Å². The van der Waals surface area contributed by atoms with Gasteiger partial charge in [-0.1, -0.05) is 54.6 Å². The zero-order valence-electron chi connectivity index (χ0n) is 12.9. The zero-order valence-corrected chi connectivity index (χ0v) is 13.7. The largest absolute Gasteiger partial charge is 0.457 e. The molecule has 0 amide bonds. The van der Waals surface area contributed by atoms with Crippen molar-refractivity contribution in [1.82, 2.24) is 0 Å². The number of aryl methyl sites for hydroxylation is 1. The van der Waals surface area contributed by atoms with Gasteiger partial charge in [-0.25, -0.2) is 13.2 Å². The van der Waals surface area contributed by atoms with Crippen molar-refractivity contribution >= 4 is 15.8 Å². The van der Waals surface area contributed by atoms with Gasteiger partial charge in [-0.15, -0.1) is 0 Å². The van der Waals surface area contributed by atoms with E-state index in [1.165, 1.54) is 12.1 Å². The number of esters is 1. The van der Waals surface area contributed by atoms with Gasteiger partial charge >= 0.3 is 5.97 Å². The van der Waals surface area contributed by atoms with Crippen LogP contribution in [0.2, 0.25) is 0 Å². The Morgan fingerprint density at radius 1 is 1.04 bits per heavy atom. The van der Waals surface area contributed by atoms with Crippen LogP contribution in [-0.2, 0) is 26.0 Å². The Balaban J connectivity index is 1.97. The van der Waals surface area contributed by atoms with Crippen molar-refractivity contribution in [2.45, 2.75) is 18.4 Å². The molecule has 0 aliphatic carbocycles. The fourth-order valence-corrected chi connectivity index (χ4v) is 3.24. The van der Waals surface area contributed by atoms with Crippen molar-refractivity contribution < 1.29 is 17.9 Å².